The second-order valence-corrected chi connectivity index (χ2v) is 4.94. The van der Waals surface area contributed by atoms with Crippen LogP contribution in [0.2, 0.25) is 0 Å². The van der Waals surface area contributed by atoms with Crippen molar-refractivity contribution in [2.75, 3.05) is 7.11 Å². The molecule has 0 amide bonds. The number of carboxylic acid groups (broad SMARTS) is 1. The first-order valence-corrected chi connectivity index (χ1v) is 6.67. The zero-order chi connectivity index (χ0) is 15.4. The van der Waals surface area contributed by atoms with Gasteiger partial charge in [0.2, 0.25) is 0 Å². The van der Waals surface area contributed by atoms with Gasteiger partial charge in [0.1, 0.15) is 11.6 Å². The number of rotatable bonds is 5. The third-order valence-electron chi connectivity index (χ3n) is 3.44. The molecule has 2 aromatic carbocycles. The summed E-state index contributed by atoms with van der Waals surface area (Å²) in [5.41, 5.74) is 1.86. The number of carbonyl (C=O) groups is 1. The van der Waals surface area contributed by atoms with E-state index in [2.05, 4.69) is 0 Å². The Kier molecular flexibility index (Phi) is 4.58. The number of halogens is 1. The highest BCUT2D eigenvalue weighted by atomic mass is 19.1. The molecule has 21 heavy (non-hydrogen) atoms. The molecule has 2 aromatic rings. The molecule has 1 unspecified atom stereocenters. The molecule has 0 aromatic heterocycles. The van der Waals surface area contributed by atoms with Crippen LogP contribution in [0.4, 0.5) is 4.39 Å². The molecule has 0 radical (unpaired) electrons. The average molecular weight is 288 g/mol. The number of benzene rings is 2. The first kappa shape index (κ1) is 15.0. The van der Waals surface area contributed by atoms with Gasteiger partial charge in [-0.1, -0.05) is 31.2 Å². The van der Waals surface area contributed by atoms with Gasteiger partial charge >= 0.3 is 5.97 Å². The van der Waals surface area contributed by atoms with Crippen LogP contribution in [0.15, 0.2) is 42.5 Å². The van der Waals surface area contributed by atoms with E-state index in [0.717, 1.165) is 5.56 Å². The number of carboxylic acids is 1. The first-order chi connectivity index (χ1) is 10.0. The molecule has 0 saturated carbocycles. The van der Waals surface area contributed by atoms with E-state index in [0.29, 0.717) is 16.9 Å². The van der Waals surface area contributed by atoms with E-state index in [1.165, 1.54) is 13.2 Å². The van der Waals surface area contributed by atoms with Crippen molar-refractivity contribution in [1.29, 1.82) is 0 Å². The largest absolute Gasteiger partial charge is 0.496 e. The standard InChI is InChI=1S/C17H17FO3/c1-11(9-17(19)20)12-7-8-15(18)14(10-12)13-5-3-4-6-16(13)21-2/h3-8,10-11H,9H2,1-2H3,(H,19,20). The fraction of sp³-hybridized carbons (Fsp3) is 0.235. The van der Waals surface area contributed by atoms with Gasteiger partial charge < -0.3 is 9.84 Å². The number of methoxy groups -OCH3 is 1. The van der Waals surface area contributed by atoms with Crippen LogP contribution in [0.3, 0.4) is 0 Å². The third-order valence-corrected chi connectivity index (χ3v) is 3.44. The lowest BCUT2D eigenvalue weighted by Gasteiger charge is -2.14. The summed E-state index contributed by atoms with van der Waals surface area (Å²) in [5, 5.41) is 8.87. The molecule has 0 heterocycles. The molecule has 110 valence electrons. The summed E-state index contributed by atoms with van der Waals surface area (Å²) in [7, 11) is 1.54. The summed E-state index contributed by atoms with van der Waals surface area (Å²) in [6, 6.07) is 11.9. The number of hydrogen-bond donors (Lipinski definition) is 1. The number of ether oxygens (including phenoxy) is 1. The topological polar surface area (TPSA) is 46.5 Å². The Hall–Kier alpha value is -2.36. The maximum absolute atomic E-state index is 14.1. The van der Waals surface area contributed by atoms with Crippen molar-refractivity contribution >= 4 is 5.97 Å². The number of aliphatic carboxylic acids is 1. The minimum atomic E-state index is -0.870. The minimum Gasteiger partial charge on any atom is -0.496 e. The van der Waals surface area contributed by atoms with Gasteiger partial charge in [0.25, 0.3) is 0 Å². The summed E-state index contributed by atoms with van der Waals surface area (Å²) >= 11 is 0. The summed E-state index contributed by atoms with van der Waals surface area (Å²) in [4.78, 5) is 10.8. The maximum Gasteiger partial charge on any atom is 0.303 e. The maximum atomic E-state index is 14.1. The predicted molar refractivity (Wildman–Crippen MR) is 79.1 cm³/mol. The molecular weight excluding hydrogens is 271 g/mol. The van der Waals surface area contributed by atoms with E-state index < -0.39 is 5.97 Å². The molecule has 0 bridgehead atoms. The third kappa shape index (κ3) is 3.40. The van der Waals surface area contributed by atoms with Crippen LogP contribution in [0.25, 0.3) is 11.1 Å². The fourth-order valence-corrected chi connectivity index (χ4v) is 2.30. The molecule has 1 N–H and O–H groups in total. The summed E-state index contributed by atoms with van der Waals surface area (Å²) in [5.74, 6) is -0.826. The van der Waals surface area contributed by atoms with Crippen molar-refractivity contribution in [3.8, 4) is 16.9 Å². The Labute approximate surface area is 123 Å². The Morgan fingerprint density at radius 3 is 2.62 bits per heavy atom. The van der Waals surface area contributed by atoms with Crippen LogP contribution in [-0.4, -0.2) is 18.2 Å². The van der Waals surface area contributed by atoms with E-state index >= 15 is 0 Å². The molecule has 4 heteroatoms. The minimum absolute atomic E-state index is 0.0109. The highest BCUT2D eigenvalue weighted by molar-refractivity contribution is 5.72. The van der Waals surface area contributed by atoms with Crippen molar-refractivity contribution in [3.05, 3.63) is 53.8 Å². The van der Waals surface area contributed by atoms with E-state index in [-0.39, 0.29) is 18.2 Å². The van der Waals surface area contributed by atoms with E-state index in [1.807, 2.05) is 19.1 Å². The van der Waals surface area contributed by atoms with E-state index in [9.17, 15) is 9.18 Å². The smallest absolute Gasteiger partial charge is 0.303 e. The van der Waals surface area contributed by atoms with Gasteiger partial charge in [-0.05, 0) is 29.7 Å². The summed E-state index contributed by atoms with van der Waals surface area (Å²) < 4.78 is 19.4. The van der Waals surface area contributed by atoms with Crippen LogP contribution in [-0.2, 0) is 4.79 Å². The normalized spacial score (nSPS) is 12.0. The van der Waals surface area contributed by atoms with Gasteiger partial charge in [-0.15, -0.1) is 0 Å². The molecule has 1 atom stereocenters. The number of hydrogen-bond acceptors (Lipinski definition) is 2. The Morgan fingerprint density at radius 2 is 1.95 bits per heavy atom. The first-order valence-electron chi connectivity index (χ1n) is 6.67. The van der Waals surface area contributed by atoms with Gasteiger partial charge in [0.05, 0.1) is 13.5 Å². The fourth-order valence-electron chi connectivity index (χ4n) is 2.30. The van der Waals surface area contributed by atoms with Crippen molar-refractivity contribution < 1.29 is 19.0 Å². The lowest BCUT2D eigenvalue weighted by atomic mass is 9.93. The molecule has 2 rings (SSSR count). The van der Waals surface area contributed by atoms with Crippen LogP contribution < -0.4 is 4.74 Å². The number of para-hydroxylation sites is 1. The SMILES string of the molecule is COc1ccccc1-c1cc(C(C)CC(=O)O)ccc1F. The molecular formula is C17H17FO3. The second kappa shape index (κ2) is 6.39. The van der Waals surface area contributed by atoms with Crippen molar-refractivity contribution in [2.45, 2.75) is 19.3 Å². The van der Waals surface area contributed by atoms with Crippen molar-refractivity contribution in [2.24, 2.45) is 0 Å². The van der Waals surface area contributed by atoms with Crippen molar-refractivity contribution in [1.82, 2.24) is 0 Å². The average Bonchev–Trinajstić information content (AvgIpc) is 2.47. The van der Waals surface area contributed by atoms with E-state index in [4.69, 9.17) is 9.84 Å². The van der Waals surface area contributed by atoms with E-state index in [1.54, 1.807) is 24.3 Å². The molecule has 0 saturated heterocycles. The molecule has 0 spiro atoms. The molecule has 0 aliphatic carbocycles. The van der Waals surface area contributed by atoms with Gasteiger partial charge in [0.15, 0.2) is 0 Å². The van der Waals surface area contributed by atoms with Crippen molar-refractivity contribution in [3.63, 3.8) is 0 Å². The van der Waals surface area contributed by atoms with Gasteiger partial charge in [-0.25, -0.2) is 4.39 Å². The zero-order valence-corrected chi connectivity index (χ0v) is 12.0. The molecule has 0 aliphatic heterocycles. The molecule has 3 nitrogen and oxygen atoms in total. The summed E-state index contributed by atoms with van der Waals surface area (Å²) in [6.07, 6.45) is 0.0109. The Balaban J connectivity index is 2.46. The van der Waals surface area contributed by atoms with Gasteiger partial charge in [0, 0.05) is 11.1 Å². The summed E-state index contributed by atoms with van der Waals surface area (Å²) in [6.45, 7) is 1.81. The Bertz CT molecular complexity index is 652. The molecule has 0 fully saturated rings. The highest BCUT2D eigenvalue weighted by Crippen LogP contribution is 2.33. The predicted octanol–water partition coefficient (Wildman–Crippen LogP) is 4.08. The zero-order valence-electron chi connectivity index (χ0n) is 12.0. The van der Waals surface area contributed by atoms with Gasteiger partial charge in [-0.2, -0.15) is 0 Å². The van der Waals surface area contributed by atoms with Crippen LogP contribution in [0, 0.1) is 5.82 Å². The monoisotopic (exact) mass is 288 g/mol. The van der Waals surface area contributed by atoms with Gasteiger partial charge in [-0.3, -0.25) is 4.79 Å². The Morgan fingerprint density at radius 1 is 1.24 bits per heavy atom. The quantitative estimate of drug-likeness (QED) is 0.901. The van der Waals surface area contributed by atoms with Crippen LogP contribution in [0.5, 0.6) is 5.75 Å². The molecule has 0 aliphatic rings. The van der Waals surface area contributed by atoms with Crippen LogP contribution >= 0.6 is 0 Å². The lowest BCUT2D eigenvalue weighted by molar-refractivity contribution is -0.137. The lowest BCUT2D eigenvalue weighted by Crippen LogP contribution is -2.03. The second-order valence-electron chi connectivity index (χ2n) is 4.94. The highest BCUT2D eigenvalue weighted by Gasteiger charge is 2.15. The van der Waals surface area contributed by atoms with Crippen LogP contribution in [0.1, 0.15) is 24.8 Å².